The SMILES string of the molecule is COc1ccccc1Cc1ncc(CO)[nH]1. The van der Waals surface area contributed by atoms with Crippen LogP contribution in [0.25, 0.3) is 0 Å². The normalized spacial score (nSPS) is 10.4. The number of aliphatic hydroxyl groups is 1. The Labute approximate surface area is 93.9 Å². The molecule has 0 saturated carbocycles. The molecule has 0 spiro atoms. The van der Waals surface area contributed by atoms with Crippen LogP contribution >= 0.6 is 0 Å². The third-order valence-electron chi connectivity index (χ3n) is 2.40. The first kappa shape index (κ1) is 10.7. The minimum Gasteiger partial charge on any atom is -0.496 e. The third kappa shape index (κ3) is 2.23. The highest BCUT2D eigenvalue weighted by Crippen LogP contribution is 2.19. The van der Waals surface area contributed by atoms with Crippen molar-refractivity contribution in [3.63, 3.8) is 0 Å². The van der Waals surface area contributed by atoms with Crippen LogP contribution in [0.1, 0.15) is 17.1 Å². The van der Waals surface area contributed by atoms with E-state index in [1.165, 1.54) is 0 Å². The van der Waals surface area contributed by atoms with E-state index in [2.05, 4.69) is 9.97 Å². The minimum atomic E-state index is -0.0150. The maximum atomic E-state index is 8.92. The van der Waals surface area contributed by atoms with Gasteiger partial charge in [-0.3, -0.25) is 0 Å². The molecule has 4 heteroatoms. The summed E-state index contributed by atoms with van der Waals surface area (Å²) >= 11 is 0. The van der Waals surface area contributed by atoms with Crippen LogP contribution in [0.3, 0.4) is 0 Å². The van der Waals surface area contributed by atoms with Crippen molar-refractivity contribution in [1.29, 1.82) is 0 Å². The van der Waals surface area contributed by atoms with Crippen LogP contribution < -0.4 is 4.74 Å². The number of nitrogens with zero attached hydrogens (tertiary/aromatic N) is 1. The Hall–Kier alpha value is -1.81. The van der Waals surface area contributed by atoms with Crippen molar-refractivity contribution < 1.29 is 9.84 Å². The molecule has 2 N–H and O–H groups in total. The highest BCUT2D eigenvalue weighted by atomic mass is 16.5. The largest absolute Gasteiger partial charge is 0.496 e. The summed E-state index contributed by atoms with van der Waals surface area (Å²) in [6.45, 7) is -0.0150. The summed E-state index contributed by atoms with van der Waals surface area (Å²) in [5.41, 5.74) is 1.80. The monoisotopic (exact) mass is 218 g/mol. The molecule has 0 saturated heterocycles. The average molecular weight is 218 g/mol. The van der Waals surface area contributed by atoms with Gasteiger partial charge in [-0.15, -0.1) is 0 Å². The van der Waals surface area contributed by atoms with Crippen molar-refractivity contribution in [2.45, 2.75) is 13.0 Å². The Morgan fingerprint density at radius 3 is 2.88 bits per heavy atom. The predicted molar refractivity (Wildman–Crippen MR) is 60.3 cm³/mol. The molecule has 0 unspecified atom stereocenters. The molecular weight excluding hydrogens is 204 g/mol. The van der Waals surface area contributed by atoms with Crippen molar-refractivity contribution >= 4 is 0 Å². The Morgan fingerprint density at radius 1 is 1.38 bits per heavy atom. The van der Waals surface area contributed by atoms with Crippen LogP contribution in [0, 0.1) is 0 Å². The summed E-state index contributed by atoms with van der Waals surface area (Å²) in [5, 5.41) is 8.92. The van der Waals surface area contributed by atoms with Crippen LogP contribution in [0.5, 0.6) is 5.75 Å². The van der Waals surface area contributed by atoms with Crippen molar-refractivity contribution in [2.75, 3.05) is 7.11 Å². The van der Waals surface area contributed by atoms with Gasteiger partial charge in [-0.1, -0.05) is 18.2 Å². The number of rotatable bonds is 4. The number of aromatic nitrogens is 2. The number of hydrogen-bond acceptors (Lipinski definition) is 3. The van der Waals surface area contributed by atoms with Gasteiger partial charge >= 0.3 is 0 Å². The molecule has 1 aromatic heterocycles. The maximum absolute atomic E-state index is 8.92. The summed E-state index contributed by atoms with van der Waals surface area (Å²) in [5.74, 6) is 1.68. The van der Waals surface area contributed by atoms with Gasteiger partial charge in [0.25, 0.3) is 0 Å². The number of methoxy groups -OCH3 is 1. The smallest absolute Gasteiger partial charge is 0.122 e. The number of para-hydroxylation sites is 1. The molecule has 0 aliphatic heterocycles. The second-order valence-electron chi connectivity index (χ2n) is 3.50. The fraction of sp³-hybridized carbons (Fsp3) is 0.250. The zero-order valence-corrected chi connectivity index (χ0v) is 9.10. The first-order valence-electron chi connectivity index (χ1n) is 5.09. The molecule has 0 radical (unpaired) electrons. The van der Waals surface area contributed by atoms with Crippen molar-refractivity contribution in [3.8, 4) is 5.75 Å². The maximum Gasteiger partial charge on any atom is 0.122 e. The van der Waals surface area contributed by atoms with Gasteiger partial charge in [-0.05, 0) is 6.07 Å². The minimum absolute atomic E-state index is 0.0150. The predicted octanol–water partition coefficient (Wildman–Crippen LogP) is 1.50. The van der Waals surface area contributed by atoms with Gasteiger partial charge in [0.15, 0.2) is 0 Å². The van der Waals surface area contributed by atoms with Crippen LogP contribution in [0.2, 0.25) is 0 Å². The third-order valence-corrected chi connectivity index (χ3v) is 2.40. The average Bonchev–Trinajstić information content (AvgIpc) is 2.77. The number of nitrogens with one attached hydrogen (secondary N) is 1. The first-order chi connectivity index (χ1) is 7.83. The number of ether oxygens (including phenoxy) is 1. The number of H-pyrrole nitrogens is 1. The molecule has 2 rings (SSSR count). The van der Waals surface area contributed by atoms with Gasteiger partial charge < -0.3 is 14.8 Å². The van der Waals surface area contributed by atoms with Crippen LogP contribution in [-0.4, -0.2) is 22.2 Å². The topological polar surface area (TPSA) is 58.1 Å². The summed E-state index contributed by atoms with van der Waals surface area (Å²) in [6, 6.07) is 7.82. The Morgan fingerprint density at radius 2 is 2.19 bits per heavy atom. The van der Waals surface area contributed by atoms with Gasteiger partial charge in [-0.25, -0.2) is 4.98 Å². The summed E-state index contributed by atoms with van der Waals surface area (Å²) in [4.78, 5) is 7.23. The van der Waals surface area contributed by atoms with E-state index in [1.807, 2.05) is 24.3 Å². The van der Waals surface area contributed by atoms with E-state index in [0.29, 0.717) is 6.42 Å². The highest BCUT2D eigenvalue weighted by molar-refractivity contribution is 5.35. The van der Waals surface area contributed by atoms with E-state index >= 15 is 0 Å². The molecule has 4 nitrogen and oxygen atoms in total. The molecule has 1 aromatic carbocycles. The van der Waals surface area contributed by atoms with E-state index in [1.54, 1.807) is 13.3 Å². The molecule has 0 atom stereocenters. The van der Waals surface area contributed by atoms with E-state index < -0.39 is 0 Å². The fourth-order valence-electron chi connectivity index (χ4n) is 1.61. The molecular formula is C12H14N2O2. The Bertz CT molecular complexity index is 466. The quantitative estimate of drug-likeness (QED) is 0.817. The number of aliphatic hydroxyl groups excluding tert-OH is 1. The zero-order chi connectivity index (χ0) is 11.4. The number of benzene rings is 1. The standard InChI is InChI=1S/C12H14N2O2/c1-16-11-5-3-2-4-9(11)6-12-13-7-10(8-15)14-12/h2-5,7,15H,6,8H2,1H3,(H,13,14). The lowest BCUT2D eigenvalue weighted by atomic mass is 10.1. The van der Waals surface area contributed by atoms with E-state index in [4.69, 9.17) is 9.84 Å². The fourth-order valence-corrected chi connectivity index (χ4v) is 1.61. The van der Waals surface area contributed by atoms with Crippen LogP contribution in [-0.2, 0) is 13.0 Å². The molecule has 0 aliphatic rings. The van der Waals surface area contributed by atoms with Gasteiger partial charge in [-0.2, -0.15) is 0 Å². The van der Waals surface area contributed by atoms with Crippen molar-refractivity contribution in [1.82, 2.24) is 9.97 Å². The van der Waals surface area contributed by atoms with Gasteiger partial charge in [0, 0.05) is 12.0 Å². The first-order valence-corrected chi connectivity index (χ1v) is 5.09. The lowest BCUT2D eigenvalue weighted by Crippen LogP contribution is -1.95. The van der Waals surface area contributed by atoms with Gasteiger partial charge in [0.05, 0.1) is 25.6 Å². The molecule has 84 valence electrons. The van der Waals surface area contributed by atoms with Crippen LogP contribution in [0.4, 0.5) is 0 Å². The number of imidazole rings is 1. The molecule has 16 heavy (non-hydrogen) atoms. The number of hydrogen-bond donors (Lipinski definition) is 2. The van der Waals surface area contributed by atoms with Gasteiger partial charge in [0.1, 0.15) is 11.6 Å². The summed E-state index contributed by atoms with van der Waals surface area (Å²) in [7, 11) is 1.65. The van der Waals surface area contributed by atoms with Gasteiger partial charge in [0.2, 0.25) is 0 Å². The second kappa shape index (κ2) is 4.81. The molecule has 0 bridgehead atoms. The van der Waals surface area contributed by atoms with E-state index in [9.17, 15) is 0 Å². The zero-order valence-electron chi connectivity index (χ0n) is 9.10. The Balaban J connectivity index is 2.19. The molecule has 0 fully saturated rings. The second-order valence-corrected chi connectivity index (χ2v) is 3.50. The van der Waals surface area contributed by atoms with E-state index in [-0.39, 0.29) is 6.61 Å². The molecule has 2 aromatic rings. The lowest BCUT2D eigenvalue weighted by Gasteiger charge is -2.06. The van der Waals surface area contributed by atoms with Crippen molar-refractivity contribution in [3.05, 3.63) is 47.5 Å². The van der Waals surface area contributed by atoms with Crippen LogP contribution in [0.15, 0.2) is 30.5 Å². The summed E-state index contributed by atoms with van der Waals surface area (Å²) < 4.78 is 5.26. The summed E-state index contributed by atoms with van der Waals surface area (Å²) in [6.07, 6.45) is 2.31. The van der Waals surface area contributed by atoms with Crippen molar-refractivity contribution in [2.24, 2.45) is 0 Å². The molecule has 0 amide bonds. The number of aromatic amines is 1. The highest BCUT2D eigenvalue weighted by Gasteiger charge is 2.05. The lowest BCUT2D eigenvalue weighted by molar-refractivity contribution is 0.277. The van der Waals surface area contributed by atoms with E-state index in [0.717, 1.165) is 22.8 Å². The Kier molecular flexibility index (Phi) is 3.22. The molecule has 1 heterocycles. The molecule has 0 aliphatic carbocycles.